The van der Waals surface area contributed by atoms with Gasteiger partial charge in [0.1, 0.15) is 24.0 Å². The smallest absolute Gasteiger partial charge is 0.248 e. The lowest BCUT2D eigenvalue weighted by molar-refractivity contribution is -0.946. The maximum atomic E-state index is 12.0. The maximum absolute atomic E-state index is 12.0. The zero-order valence-corrected chi connectivity index (χ0v) is 30.2. The molecule has 0 radical (unpaired) electrons. The number of fused-ring (bicyclic) bond motifs is 4. The second-order valence-corrected chi connectivity index (χ2v) is 15.8. The summed E-state index contributed by atoms with van der Waals surface area (Å²) in [5, 5.41) is 36.8. The topological polar surface area (TPSA) is 115 Å². The molecule has 8 nitrogen and oxygen atoms in total. The molecule has 0 amide bonds. The van der Waals surface area contributed by atoms with Crippen LogP contribution in [0, 0.1) is 11.8 Å². The summed E-state index contributed by atoms with van der Waals surface area (Å²) in [6, 6.07) is 16.6. The summed E-state index contributed by atoms with van der Waals surface area (Å²) >= 11 is 0. The Kier molecular flexibility index (Phi) is 13.1. The molecule has 2 aromatic carbocycles. The molecule has 3 aliphatic heterocycles. The predicted octanol–water partition coefficient (Wildman–Crippen LogP) is 7.07. The van der Waals surface area contributed by atoms with Gasteiger partial charge < -0.3 is 34.8 Å². The number of aromatic amines is 1. The summed E-state index contributed by atoms with van der Waals surface area (Å²) in [5.74, 6) is 0.962. The molecule has 1 aliphatic carbocycles. The number of piperidine rings is 3. The molecule has 1 saturated carbocycles. The van der Waals surface area contributed by atoms with Gasteiger partial charge in [-0.1, -0.05) is 87.8 Å². The molecule has 0 spiro atoms. The number of quaternary nitrogens is 1. The monoisotopic (exact) mass is 688 g/mol. The first-order chi connectivity index (χ1) is 24.4. The summed E-state index contributed by atoms with van der Waals surface area (Å²) < 4.78 is 7.97. The highest BCUT2D eigenvalue weighted by Crippen LogP contribution is 2.43. The van der Waals surface area contributed by atoms with Gasteiger partial charge in [-0.2, -0.15) is 0 Å². The van der Waals surface area contributed by atoms with Crippen molar-refractivity contribution < 1.29 is 24.5 Å². The number of aliphatic hydroxyl groups is 2. The van der Waals surface area contributed by atoms with E-state index in [-0.39, 0.29) is 17.4 Å². The highest BCUT2D eigenvalue weighted by Gasteiger charge is 2.48. The molecule has 50 heavy (non-hydrogen) atoms. The molecule has 7 rings (SSSR count). The summed E-state index contributed by atoms with van der Waals surface area (Å²) in [6.45, 7) is 6.76. The second-order valence-electron chi connectivity index (χ2n) is 15.8. The van der Waals surface area contributed by atoms with Gasteiger partial charge in [-0.25, -0.2) is 0 Å². The zero-order chi connectivity index (χ0) is 34.8. The summed E-state index contributed by atoms with van der Waals surface area (Å²) in [6.07, 6.45) is 18.2. The number of aromatic hydroxyl groups is 1. The van der Waals surface area contributed by atoms with Gasteiger partial charge in [0.05, 0.1) is 37.9 Å². The van der Waals surface area contributed by atoms with E-state index in [1.807, 2.05) is 6.07 Å². The van der Waals surface area contributed by atoms with E-state index >= 15 is 0 Å². The number of benzene rings is 2. The van der Waals surface area contributed by atoms with Gasteiger partial charge in [-0.05, 0) is 67.8 Å². The largest absolute Gasteiger partial charge is 0.506 e. The number of nitrogens with one attached hydrogen (secondary N) is 2. The van der Waals surface area contributed by atoms with Crippen molar-refractivity contribution in [2.75, 3.05) is 45.9 Å². The highest BCUT2D eigenvalue weighted by molar-refractivity contribution is 5.87. The predicted molar refractivity (Wildman–Crippen MR) is 200 cm³/mol. The van der Waals surface area contributed by atoms with E-state index in [4.69, 9.17) is 4.74 Å². The third kappa shape index (κ3) is 9.18. The van der Waals surface area contributed by atoms with Gasteiger partial charge >= 0.3 is 0 Å². The number of phenols is 1. The van der Waals surface area contributed by atoms with E-state index in [1.165, 1.54) is 113 Å². The van der Waals surface area contributed by atoms with Crippen LogP contribution in [0.25, 0.3) is 10.9 Å². The van der Waals surface area contributed by atoms with E-state index in [1.54, 1.807) is 12.1 Å². The molecule has 0 unspecified atom stereocenters. The van der Waals surface area contributed by atoms with Crippen molar-refractivity contribution >= 4 is 10.9 Å². The van der Waals surface area contributed by atoms with Crippen LogP contribution in [0.1, 0.15) is 114 Å². The van der Waals surface area contributed by atoms with Gasteiger partial charge in [0.15, 0.2) is 0 Å². The molecule has 4 heterocycles. The van der Waals surface area contributed by atoms with Crippen molar-refractivity contribution in [3.8, 4) is 5.75 Å². The Morgan fingerprint density at radius 2 is 1.54 bits per heavy atom. The van der Waals surface area contributed by atoms with Crippen LogP contribution in [0.5, 0.6) is 5.75 Å². The van der Waals surface area contributed by atoms with Crippen LogP contribution in [0.3, 0.4) is 0 Å². The van der Waals surface area contributed by atoms with Crippen molar-refractivity contribution in [1.29, 1.82) is 0 Å². The minimum absolute atomic E-state index is 0.0100. The van der Waals surface area contributed by atoms with Crippen LogP contribution in [-0.2, 0) is 10.3 Å². The van der Waals surface area contributed by atoms with Gasteiger partial charge in [0.25, 0.3) is 0 Å². The number of unbranched alkanes of at least 4 members (excludes halogenated alkanes) is 8. The molecule has 3 saturated heterocycles. The molecular weight excluding hydrogens is 626 g/mol. The number of pyridine rings is 1. The van der Waals surface area contributed by atoms with E-state index < -0.39 is 11.7 Å². The lowest BCUT2D eigenvalue weighted by Crippen LogP contribution is -2.64. The number of H-pyrrole nitrogens is 1. The van der Waals surface area contributed by atoms with Crippen LogP contribution in [0.15, 0.2) is 59.4 Å². The number of aliphatic hydroxyl groups excluding tert-OH is 1. The average molecular weight is 689 g/mol. The first-order valence-electron chi connectivity index (χ1n) is 19.9. The second kappa shape index (κ2) is 17.6. The Morgan fingerprint density at radius 1 is 0.860 bits per heavy atom. The molecule has 3 atom stereocenters. The van der Waals surface area contributed by atoms with Crippen molar-refractivity contribution in [1.82, 2.24) is 10.3 Å². The van der Waals surface area contributed by atoms with Crippen molar-refractivity contribution in [2.24, 2.45) is 11.8 Å². The Balaban J connectivity index is 0.816. The van der Waals surface area contributed by atoms with Gasteiger partial charge in [-0.15, -0.1) is 0 Å². The van der Waals surface area contributed by atoms with Crippen molar-refractivity contribution in [2.45, 2.75) is 114 Å². The Morgan fingerprint density at radius 3 is 2.26 bits per heavy atom. The number of ether oxygens (including phenoxy) is 1. The normalized spacial score (nSPS) is 24.1. The van der Waals surface area contributed by atoms with Crippen LogP contribution in [0.4, 0.5) is 0 Å². The molecule has 274 valence electrons. The van der Waals surface area contributed by atoms with E-state index in [0.717, 1.165) is 37.9 Å². The molecule has 4 aliphatic rings. The Bertz CT molecular complexity index is 1530. The average Bonchev–Trinajstić information content (AvgIpc) is 3.70. The lowest BCUT2D eigenvalue weighted by atomic mass is 9.80. The van der Waals surface area contributed by atoms with Crippen molar-refractivity contribution in [3.63, 3.8) is 0 Å². The lowest BCUT2D eigenvalue weighted by Gasteiger charge is -2.53. The maximum Gasteiger partial charge on any atom is 0.248 e. The fourth-order valence-corrected chi connectivity index (χ4v) is 9.36. The Hall–Kier alpha value is -2.75. The SMILES string of the molecule is O=c1ccc2c([C@@H](O)CNCCCCCCCCCCC[N+]34CCC(CC3)[C@@H](OC[C@@](O)(c3ccccc3)C3CCCC3)C4)ccc(O)c2[nH]1. The molecular formula is C42H62N3O5+. The zero-order valence-electron chi connectivity index (χ0n) is 30.2. The minimum Gasteiger partial charge on any atom is -0.506 e. The molecule has 3 aromatic rings. The van der Waals surface area contributed by atoms with Crippen LogP contribution < -0.4 is 10.9 Å². The van der Waals surface area contributed by atoms with Gasteiger partial charge in [-0.3, -0.25) is 4.79 Å². The van der Waals surface area contributed by atoms with Gasteiger partial charge in [0.2, 0.25) is 5.56 Å². The van der Waals surface area contributed by atoms with E-state index in [9.17, 15) is 20.1 Å². The summed E-state index contributed by atoms with van der Waals surface area (Å²) in [4.78, 5) is 14.3. The standard InChI is InChI=1S/C42H61N3O5/c46-37-21-19-35(36-20-22-40(48)44-41(36)37)38(47)29-43-25-13-6-4-2-1-3-5-7-14-26-45-27-23-32(24-28-45)39(30-45)50-31-42(49,34-17-11-12-18-34)33-15-9-8-10-16-33/h8-10,15-16,19-22,32,34,38-39,43,47,49H,1-7,11-14,17-18,23-31H2,(H-,44,46,48)/p+1/t32?,38-,39-,42+,45?/m0/s1. The van der Waals surface area contributed by atoms with Gasteiger partial charge in [0, 0.05) is 36.8 Å². The molecule has 2 bridgehead atoms. The number of nitrogens with zero attached hydrogens (tertiary/aromatic N) is 1. The highest BCUT2D eigenvalue weighted by atomic mass is 16.5. The molecule has 1 aromatic heterocycles. The Labute approximate surface area is 298 Å². The number of rotatable bonds is 20. The first kappa shape index (κ1) is 37.0. The first-order valence-corrected chi connectivity index (χ1v) is 19.9. The van der Waals surface area contributed by atoms with E-state index in [2.05, 4.69) is 34.6 Å². The minimum atomic E-state index is -0.869. The van der Waals surface area contributed by atoms with E-state index in [0.29, 0.717) is 41.5 Å². The number of aromatic nitrogens is 1. The summed E-state index contributed by atoms with van der Waals surface area (Å²) in [7, 11) is 0. The molecule has 4 fully saturated rings. The third-order valence-electron chi connectivity index (χ3n) is 12.5. The quantitative estimate of drug-likeness (QED) is 0.0641. The number of hydrogen-bond donors (Lipinski definition) is 5. The van der Waals surface area contributed by atoms with Crippen LogP contribution in [-0.4, -0.2) is 76.8 Å². The molecule has 5 N–H and O–H groups in total. The van der Waals surface area contributed by atoms with Crippen molar-refractivity contribution in [3.05, 3.63) is 76.1 Å². The van der Waals surface area contributed by atoms with Crippen LogP contribution >= 0.6 is 0 Å². The number of hydrogen-bond acceptors (Lipinski definition) is 6. The third-order valence-corrected chi connectivity index (χ3v) is 12.5. The molecule has 8 heteroatoms. The van der Waals surface area contributed by atoms with Crippen LogP contribution in [0.2, 0.25) is 0 Å². The fraction of sp³-hybridized carbons (Fsp3) is 0.643. The fourth-order valence-electron chi connectivity index (χ4n) is 9.36. The number of phenolic OH excluding ortho intramolecular Hbond substituents is 1. The summed E-state index contributed by atoms with van der Waals surface area (Å²) in [5.41, 5.74) is 0.955.